The van der Waals surface area contributed by atoms with Gasteiger partial charge in [0, 0.05) is 6.42 Å². The van der Waals surface area contributed by atoms with Crippen molar-refractivity contribution < 1.29 is 20.1 Å². The van der Waals surface area contributed by atoms with Gasteiger partial charge in [0.2, 0.25) is 5.91 Å². The lowest BCUT2D eigenvalue weighted by Crippen LogP contribution is -2.50. The van der Waals surface area contributed by atoms with Crippen LogP contribution >= 0.6 is 0 Å². The number of nitrogens with one attached hydrogen (secondary N) is 1. The molecule has 42 heavy (non-hydrogen) atoms. The molecule has 0 aromatic carbocycles. The van der Waals surface area contributed by atoms with E-state index < -0.39 is 18.2 Å². The zero-order chi connectivity index (χ0) is 30.9. The summed E-state index contributed by atoms with van der Waals surface area (Å²) in [6, 6.07) is -0.800. The number of carbonyl (C=O) groups is 1. The Morgan fingerprint density at radius 2 is 0.810 bits per heavy atom. The van der Waals surface area contributed by atoms with E-state index in [-0.39, 0.29) is 12.5 Å². The topological polar surface area (TPSA) is 89.8 Å². The normalized spacial score (nSPS) is 13.7. The van der Waals surface area contributed by atoms with E-state index in [0.29, 0.717) is 12.8 Å². The summed E-state index contributed by atoms with van der Waals surface area (Å²) in [7, 11) is 0. The molecule has 1 amide bonds. The van der Waals surface area contributed by atoms with Crippen molar-refractivity contribution in [3.05, 3.63) is 0 Å². The zero-order valence-corrected chi connectivity index (χ0v) is 28.4. The predicted octanol–water partition coefficient (Wildman–Crippen LogP) is 9.93. The lowest BCUT2D eigenvalue weighted by Gasteiger charge is -2.26. The van der Waals surface area contributed by atoms with E-state index in [1.165, 1.54) is 141 Å². The summed E-state index contributed by atoms with van der Waals surface area (Å²) in [5.74, 6) is -0.143. The van der Waals surface area contributed by atoms with Crippen LogP contribution in [-0.4, -0.2) is 46.1 Å². The van der Waals surface area contributed by atoms with Gasteiger partial charge in [-0.2, -0.15) is 0 Å². The second-order valence-electron chi connectivity index (χ2n) is 13.1. The van der Waals surface area contributed by atoms with Gasteiger partial charge in [-0.25, -0.2) is 0 Å². The first-order valence-electron chi connectivity index (χ1n) is 18.8. The van der Waals surface area contributed by atoms with Crippen molar-refractivity contribution in [1.82, 2.24) is 5.32 Å². The highest BCUT2D eigenvalue weighted by Crippen LogP contribution is 2.16. The summed E-state index contributed by atoms with van der Waals surface area (Å²) in [6.07, 6.45) is 34.8. The van der Waals surface area contributed by atoms with Gasteiger partial charge in [-0.1, -0.05) is 187 Å². The summed E-state index contributed by atoms with van der Waals surface area (Å²) in [4.78, 5) is 12.3. The van der Waals surface area contributed by atoms with E-state index in [1.54, 1.807) is 0 Å². The van der Waals surface area contributed by atoms with Crippen LogP contribution in [-0.2, 0) is 4.79 Å². The molecule has 0 spiro atoms. The van der Waals surface area contributed by atoms with Crippen LogP contribution in [0.3, 0.4) is 0 Å². The average Bonchev–Trinajstić information content (AvgIpc) is 2.99. The van der Waals surface area contributed by atoms with E-state index in [4.69, 9.17) is 0 Å². The molecule has 0 aliphatic rings. The van der Waals surface area contributed by atoms with Crippen LogP contribution in [0.4, 0.5) is 0 Å². The Morgan fingerprint density at radius 1 is 0.500 bits per heavy atom. The molecule has 0 aliphatic heterocycles. The fourth-order valence-electron chi connectivity index (χ4n) is 5.99. The van der Waals surface area contributed by atoms with Crippen molar-refractivity contribution in [2.45, 2.75) is 225 Å². The third-order valence-electron chi connectivity index (χ3n) is 8.96. The number of unbranched alkanes of at least 4 members (excludes halogenated alkanes) is 26. The van der Waals surface area contributed by atoms with Crippen molar-refractivity contribution in [2.75, 3.05) is 6.61 Å². The Hall–Kier alpha value is -0.650. The van der Waals surface area contributed by atoms with E-state index in [9.17, 15) is 20.1 Å². The molecule has 0 bridgehead atoms. The van der Waals surface area contributed by atoms with Crippen LogP contribution in [0.25, 0.3) is 0 Å². The maximum absolute atomic E-state index is 12.3. The number of rotatable bonds is 34. The van der Waals surface area contributed by atoms with Gasteiger partial charge in [-0.15, -0.1) is 0 Å². The zero-order valence-electron chi connectivity index (χ0n) is 28.4. The Bertz CT molecular complexity index is 544. The number of carbonyl (C=O) groups excluding carboxylic acids is 1. The van der Waals surface area contributed by atoms with Crippen molar-refractivity contribution in [1.29, 1.82) is 0 Å². The minimum atomic E-state index is -1.13. The summed E-state index contributed by atoms with van der Waals surface area (Å²) in [5, 5.41) is 33.3. The van der Waals surface area contributed by atoms with E-state index in [1.807, 2.05) is 0 Å². The highest BCUT2D eigenvalue weighted by Gasteiger charge is 2.26. The van der Waals surface area contributed by atoms with Crippen molar-refractivity contribution >= 4 is 5.91 Å². The van der Waals surface area contributed by atoms with Crippen LogP contribution in [0, 0.1) is 0 Å². The second-order valence-corrected chi connectivity index (χ2v) is 13.1. The van der Waals surface area contributed by atoms with Gasteiger partial charge in [0.1, 0.15) is 6.10 Å². The van der Waals surface area contributed by atoms with Crippen molar-refractivity contribution in [3.8, 4) is 0 Å². The summed E-state index contributed by atoms with van der Waals surface area (Å²) < 4.78 is 0. The molecule has 0 heterocycles. The molecule has 252 valence electrons. The first-order chi connectivity index (χ1) is 20.6. The standard InChI is InChI=1S/C37H75NO4/c1-3-5-7-9-11-13-15-17-18-19-20-22-24-26-28-30-32-36(41)38-34(33-39)37(42)35(40)31-29-27-25-23-21-16-14-12-10-8-6-4-2/h34-35,37,39-40,42H,3-33H2,1-2H3,(H,38,41)/t34-,35?,37+/m1/s1. The van der Waals surface area contributed by atoms with E-state index >= 15 is 0 Å². The Morgan fingerprint density at radius 3 is 1.14 bits per heavy atom. The van der Waals surface area contributed by atoms with Gasteiger partial charge in [0.25, 0.3) is 0 Å². The lowest BCUT2D eigenvalue weighted by molar-refractivity contribution is -0.124. The van der Waals surface area contributed by atoms with Gasteiger partial charge in [0.15, 0.2) is 0 Å². The highest BCUT2D eigenvalue weighted by molar-refractivity contribution is 5.76. The monoisotopic (exact) mass is 598 g/mol. The molecule has 1 unspecified atom stereocenters. The lowest BCUT2D eigenvalue weighted by atomic mass is 9.99. The molecule has 3 atom stereocenters. The number of hydrogen-bond donors (Lipinski definition) is 4. The molecular weight excluding hydrogens is 522 g/mol. The molecule has 0 saturated carbocycles. The van der Waals surface area contributed by atoms with Crippen molar-refractivity contribution in [3.63, 3.8) is 0 Å². The number of hydrogen-bond acceptors (Lipinski definition) is 4. The second kappa shape index (κ2) is 33.2. The third-order valence-corrected chi connectivity index (χ3v) is 8.96. The maximum Gasteiger partial charge on any atom is 0.220 e. The summed E-state index contributed by atoms with van der Waals surface area (Å²) in [5.41, 5.74) is 0. The number of aliphatic hydroxyl groups is 3. The molecule has 4 N–H and O–H groups in total. The molecule has 0 radical (unpaired) electrons. The number of aliphatic hydroxyl groups excluding tert-OH is 3. The Balaban J connectivity index is 3.64. The first-order valence-corrected chi connectivity index (χ1v) is 18.8. The molecule has 0 rings (SSSR count). The molecule has 0 aliphatic carbocycles. The van der Waals surface area contributed by atoms with Gasteiger partial charge >= 0.3 is 0 Å². The van der Waals surface area contributed by atoms with Crippen LogP contribution in [0.2, 0.25) is 0 Å². The van der Waals surface area contributed by atoms with Gasteiger partial charge in [0.05, 0.1) is 18.8 Å². The SMILES string of the molecule is CCCCCCCCCCCCCCCCCCC(=O)N[C@H](CO)[C@H](O)C(O)CCCCCCCCCCCCCC. The van der Waals surface area contributed by atoms with Gasteiger partial charge in [-0.3, -0.25) is 4.79 Å². The average molecular weight is 598 g/mol. The minimum absolute atomic E-state index is 0.143. The molecule has 5 nitrogen and oxygen atoms in total. The van der Waals surface area contributed by atoms with Crippen molar-refractivity contribution in [2.24, 2.45) is 0 Å². The summed E-state index contributed by atoms with van der Waals surface area (Å²) in [6.45, 7) is 4.17. The predicted molar refractivity (Wildman–Crippen MR) is 181 cm³/mol. The van der Waals surface area contributed by atoms with E-state index in [2.05, 4.69) is 19.2 Å². The minimum Gasteiger partial charge on any atom is -0.394 e. The fourth-order valence-corrected chi connectivity index (χ4v) is 5.99. The highest BCUT2D eigenvalue weighted by atomic mass is 16.3. The quantitative estimate of drug-likeness (QED) is 0.0556. The largest absolute Gasteiger partial charge is 0.394 e. The smallest absolute Gasteiger partial charge is 0.220 e. The molecule has 0 fully saturated rings. The van der Waals surface area contributed by atoms with Crippen LogP contribution in [0.1, 0.15) is 206 Å². The Labute approximate surface area is 262 Å². The Kier molecular flexibility index (Phi) is 32.7. The number of amides is 1. The van der Waals surface area contributed by atoms with E-state index in [0.717, 1.165) is 38.5 Å². The van der Waals surface area contributed by atoms with Gasteiger partial charge in [-0.05, 0) is 12.8 Å². The van der Waals surface area contributed by atoms with Crippen LogP contribution in [0.15, 0.2) is 0 Å². The molecule has 0 aromatic rings. The molecular formula is C37H75NO4. The summed E-state index contributed by atoms with van der Waals surface area (Å²) >= 11 is 0. The fraction of sp³-hybridized carbons (Fsp3) is 0.973. The third kappa shape index (κ3) is 28.1. The van der Waals surface area contributed by atoms with Crippen LogP contribution in [0.5, 0.6) is 0 Å². The molecule has 0 saturated heterocycles. The van der Waals surface area contributed by atoms with Gasteiger partial charge < -0.3 is 20.6 Å². The molecule has 5 heteroatoms. The first kappa shape index (κ1) is 41.4. The van der Waals surface area contributed by atoms with Crippen LogP contribution < -0.4 is 5.32 Å². The molecule has 0 aromatic heterocycles. The maximum atomic E-state index is 12.3.